The summed E-state index contributed by atoms with van der Waals surface area (Å²) in [4.78, 5) is 12.8. The van der Waals surface area contributed by atoms with E-state index in [0.717, 1.165) is 6.42 Å². The van der Waals surface area contributed by atoms with Gasteiger partial charge in [-0.2, -0.15) is 0 Å². The summed E-state index contributed by atoms with van der Waals surface area (Å²) in [6, 6.07) is 0. The maximum Gasteiger partial charge on any atom is 0.230 e. The molecule has 0 aromatic heterocycles. The molecule has 2 nitrogen and oxygen atoms in total. The molecule has 0 bridgehead atoms. The molecule has 2 aliphatic heterocycles. The molecule has 60 valence electrons. The minimum atomic E-state index is 0.267. The fourth-order valence-electron chi connectivity index (χ4n) is 1.21. The topological polar surface area (TPSA) is 20.3 Å². The van der Waals surface area contributed by atoms with E-state index in [1.54, 1.807) is 0 Å². The first-order valence-corrected chi connectivity index (χ1v) is 5.54. The van der Waals surface area contributed by atoms with Crippen LogP contribution in [0.4, 0.5) is 0 Å². The Morgan fingerprint density at radius 1 is 1.82 bits per heavy atom. The Hall–Kier alpha value is 0.290. The molecule has 1 fully saturated rings. The van der Waals surface area contributed by atoms with Crippen LogP contribution < -0.4 is 0 Å². The molecule has 4 heteroatoms. The zero-order valence-electron chi connectivity index (χ0n) is 6.08. The average Bonchev–Trinajstić information content (AvgIpc) is 1.97. The highest BCUT2D eigenvalue weighted by Gasteiger charge is 2.39. The lowest BCUT2D eigenvalue weighted by Gasteiger charge is -2.42. The third-order valence-corrected chi connectivity index (χ3v) is 4.96. The van der Waals surface area contributed by atoms with Crippen LogP contribution >= 0.6 is 34.4 Å². The Balaban J connectivity index is 2.21. The number of hydrogen-bond acceptors (Lipinski definition) is 2. The second-order valence-electron chi connectivity index (χ2n) is 2.75. The number of carbonyl (C=O) groups excluding carboxylic acids is 1. The van der Waals surface area contributed by atoms with Crippen molar-refractivity contribution in [3.8, 4) is 0 Å². The third-order valence-electron chi connectivity index (χ3n) is 1.96. The van der Waals surface area contributed by atoms with Crippen LogP contribution in [-0.2, 0) is 4.79 Å². The van der Waals surface area contributed by atoms with E-state index >= 15 is 0 Å². The summed E-state index contributed by atoms with van der Waals surface area (Å²) in [6.45, 7) is 2.18. The Morgan fingerprint density at radius 2 is 2.55 bits per heavy atom. The molecule has 0 N–H and O–H groups in total. The van der Waals surface area contributed by atoms with Gasteiger partial charge in [0.2, 0.25) is 5.91 Å². The van der Waals surface area contributed by atoms with Crippen molar-refractivity contribution in [1.82, 2.24) is 4.90 Å². The average molecular weight is 281 g/mol. The molecule has 0 radical (unpaired) electrons. The van der Waals surface area contributed by atoms with Gasteiger partial charge in [-0.3, -0.25) is 4.79 Å². The quantitative estimate of drug-likeness (QED) is 0.499. The predicted octanol–water partition coefficient (Wildman–Crippen LogP) is 1.96. The Morgan fingerprint density at radius 3 is 3.18 bits per heavy atom. The molecule has 0 spiro atoms. The summed E-state index contributed by atoms with van der Waals surface area (Å²) in [5.41, 5.74) is 0. The van der Waals surface area contributed by atoms with Crippen molar-refractivity contribution in [3.63, 3.8) is 0 Å². The van der Waals surface area contributed by atoms with E-state index in [1.165, 1.54) is 3.58 Å². The number of halogens is 1. The molecule has 0 aromatic rings. The summed E-state index contributed by atoms with van der Waals surface area (Å²) >= 11 is 4.18. The summed E-state index contributed by atoms with van der Waals surface area (Å²) in [6.07, 6.45) is 2.72. The Labute approximate surface area is 83.5 Å². The zero-order chi connectivity index (χ0) is 8.01. The van der Waals surface area contributed by atoms with E-state index in [0.29, 0.717) is 10.6 Å². The van der Waals surface area contributed by atoms with E-state index in [4.69, 9.17) is 0 Å². The van der Waals surface area contributed by atoms with Crippen LogP contribution in [0, 0.1) is 0 Å². The van der Waals surface area contributed by atoms with Crippen LogP contribution in [0.25, 0.3) is 0 Å². The molecular weight excluding hydrogens is 273 g/mol. The monoisotopic (exact) mass is 281 g/mol. The third kappa shape index (κ3) is 1.20. The number of fused-ring (bicyclic) bond motifs is 1. The van der Waals surface area contributed by atoms with Crippen LogP contribution in [0.15, 0.2) is 9.78 Å². The lowest BCUT2D eigenvalue weighted by Crippen LogP contribution is -2.49. The molecule has 0 saturated carbocycles. The van der Waals surface area contributed by atoms with Gasteiger partial charge in [0.1, 0.15) is 0 Å². The molecule has 2 rings (SSSR count). The van der Waals surface area contributed by atoms with Gasteiger partial charge in [-0.15, -0.1) is 11.8 Å². The van der Waals surface area contributed by atoms with Crippen LogP contribution in [0.3, 0.4) is 0 Å². The molecule has 2 aliphatic rings. The first-order valence-electron chi connectivity index (χ1n) is 3.52. The Kier molecular flexibility index (Phi) is 1.91. The molecule has 11 heavy (non-hydrogen) atoms. The van der Waals surface area contributed by atoms with Crippen molar-refractivity contribution < 1.29 is 4.79 Å². The predicted molar refractivity (Wildman–Crippen MR) is 54.4 cm³/mol. The van der Waals surface area contributed by atoms with E-state index in [-0.39, 0.29) is 5.91 Å². The van der Waals surface area contributed by atoms with Crippen molar-refractivity contribution in [1.29, 1.82) is 0 Å². The van der Waals surface area contributed by atoms with Crippen molar-refractivity contribution in [3.05, 3.63) is 9.78 Å². The van der Waals surface area contributed by atoms with Crippen LogP contribution in [0.1, 0.15) is 13.3 Å². The molecule has 1 amide bonds. The van der Waals surface area contributed by atoms with Crippen LogP contribution in [0.5, 0.6) is 0 Å². The number of carbonyl (C=O) groups is 1. The van der Waals surface area contributed by atoms with Gasteiger partial charge in [-0.05, 0) is 29.5 Å². The van der Waals surface area contributed by atoms with Crippen molar-refractivity contribution in [2.45, 2.75) is 24.0 Å². The van der Waals surface area contributed by atoms with E-state index in [2.05, 4.69) is 29.5 Å². The lowest BCUT2D eigenvalue weighted by atomic mass is 10.2. The highest BCUT2D eigenvalue weighted by atomic mass is 127. The largest absolute Gasteiger partial charge is 0.305 e. The number of nitrogens with zero attached hydrogens (tertiary/aromatic N) is 1. The van der Waals surface area contributed by atoms with Gasteiger partial charge < -0.3 is 4.90 Å². The summed E-state index contributed by atoms with van der Waals surface area (Å²) < 4.78 is 1.27. The smallest absolute Gasteiger partial charge is 0.230 e. The van der Waals surface area contributed by atoms with Gasteiger partial charge >= 0.3 is 0 Å². The van der Waals surface area contributed by atoms with E-state index in [1.807, 2.05) is 22.9 Å². The van der Waals surface area contributed by atoms with Crippen molar-refractivity contribution >= 4 is 40.3 Å². The number of amides is 1. The van der Waals surface area contributed by atoms with Gasteiger partial charge in [-0.25, -0.2) is 0 Å². The highest BCUT2D eigenvalue weighted by molar-refractivity contribution is 14.1. The maximum atomic E-state index is 11.0. The molecule has 0 aromatic carbocycles. The first-order chi connectivity index (χ1) is 5.18. The minimum absolute atomic E-state index is 0.267. The lowest BCUT2D eigenvalue weighted by molar-refractivity contribution is -0.137. The molecule has 1 saturated heterocycles. The number of β-lactam (4-membered cyclic amide) rings is 1. The van der Waals surface area contributed by atoms with Crippen LogP contribution in [-0.4, -0.2) is 21.4 Å². The number of thioether (sulfide) groups is 1. The van der Waals surface area contributed by atoms with Gasteiger partial charge in [0.05, 0.1) is 11.8 Å². The molecular formula is C7H8INOS. The van der Waals surface area contributed by atoms with Gasteiger partial charge in [0.15, 0.2) is 0 Å². The van der Waals surface area contributed by atoms with Crippen molar-refractivity contribution in [2.24, 2.45) is 0 Å². The van der Waals surface area contributed by atoms with Gasteiger partial charge in [0, 0.05) is 15.0 Å². The fraction of sp³-hybridized carbons (Fsp3) is 0.571. The standard InChI is InChI=1S/C7H8INOS/c1-4-5(8)3-9-6(10)2-7(9)11-4/h3-4,7H,2H2,1H3/t4?,7-/m1/s1. The number of hydrogen-bond donors (Lipinski definition) is 0. The summed E-state index contributed by atoms with van der Waals surface area (Å²) in [5.74, 6) is 0.267. The van der Waals surface area contributed by atoms with E-state index in [9.17, 15) is 4.79 Å². The Bertz CT molecular complexity index is 241. The zero-order valence-corrected chi connectivity index (χ0v) is 9.05. The molecule has 2 atom stereocenters. The second kappa shape index (κ2) is 2.65. The molecule has 0 aliphatic carbocycles. The highest BCUT2D eigenvalue weighted by Crippen LogP contribution is 2.41. The summed E-state index contributed by atoms with van der Waals surface area (Å²) in [7, 11) is 0. The second-order valence-corrected chi connectivity index (χ2v) is 5.52. The van der Waals surface area contributed by atoms with Gasteiger partial charge in [0.25, 0.3) is 0 Å². The summed E-state index contributed by atoms with van der Waals surface area (Å²) in [5, 5.41) is 1.01. The maximum absolute atomic E-state index is 11.0. The normalized spacial score (nSPS) is 36.0. The fourth-order valence-corrected chi connectivity index (χ4v) is 3.16. The van der Waals surface area contributed by atoms with E-state index < -0.39 is 0 Å². The van der Waals surface area contributed by atoms with Crippen molar-refractivity contribution in [2.75, 3.05) is 0 Å². The molecule has 2 heterocycles. The minimum Gasteiger partial charge on any atom is -0.305 e. The van der Waals surface area contributed by atoms with Crippen LogP contribution in [0.2, 0.25) is 0 Å². The SMILES string of the molecule is CC1S[C@@H]2CC(=O)N2C=C1I. The number of rotatable bonds is 0. The first kappa shape index (κ1) is 7.91. The molecule has 1 unspecified atom stereocenters. The van der Waals surface area contributed by atoms with Gasteiger partial charge in [-0.1, -0.05) is 0 Å².